The molecule has 37 heavy (non-hydrogen) atoms. The van der Waals surface area contributed by atoms with Crippen LogP contribution in [-0.4, -0.2) is 50.0 Å². The molecule has 1 atom stereocenters. The van der Waals surface area contributed by atoms with Crippen LogP contribution in [0, 0.1) is 0 Å². The van der Waals surface area contributed by atoms with Crippen molar-refractivity contribution >= 4 is 28.5 Å². The fraction of sp³-hybridized carbons (Fsp3) is 0.241. The Balaban J connectivity index is 1.55. The summed E-state index contributed by atoms with van der Waals surface area (Å²) in [6.07, 6.45) is 0. The van der Waals surface area contributed by atoms with Crippen LogP contribution in [-0.2, 0) is 6.61 Å². The fourth-order valence-corrected chi connectivity index (χ4v) is 4.69. The Bertz CT molecular complexity index is 1510. The average molecular weight is 519 g/mol. The fourth-order valence-electron chi connectivity index (χ4n) is 4.57. The largest absolute Gasteiger partial charge is 0.493 e. The molecular formula is C29H27ClN2O5. The van der Waals surface area contributed by atoms with Crippen molar-refractivity contribution in [3.05, 3.63) is 104 Å². The number of benzene rings is 3. The van der Waals surface area contributed by atoms with Crippen LogP contribution in [0.2, 0.25) is 5.02 Å². The van der Waals surface area contributed by atoms with Crippen molar-refractivity contribution in [2.75, 3.05) is 34.3 Å². The number of amides is 1. The second-order valence-electron chi connectivity index (χ2n) is 9.20. The topological polar surface area (TPSA) is 72.2 Å². The summed E-state index contributed by atoms with van der Waals surface area (Å²) >= 11 is 5.98. The Labute approximate surface area is 219 Å². The molecule has 1 aromatic heterocycles. The molecular weight excluding hydrogens is 492 g/mol. The van der Waals surface area contributed by atoms with Gasteiger partial charge in [0.2, 0.25) is 5.76 Å². The minimum atomic E-state index is -0.609. The zero-order valence-electron chi connectivity index (χ0n) is 20.9. The summed E-state index contributed by atoms with van der Waals surface area (Å²) in [4.78, 5) is 30.8. The van der Waals surface area contributed by atoms with E-state index >= 15 is 0 Å². The van der Waals surface area contributed by atoms with Crippen molar-refractivity contribution in [3.8, 4) is 11.5 Å². The molecule has 1 aliphatic heterocycles. The SMILES string of the molecule is COc1cc([C@H]2c3c(oc4ccccc4c3=O)C(=O)N2CCN(C)C)ccc1OCc1ccc(Cl)cc1. The number of carbonyl (C=O) groups excluding carboxylic acids is 1. The minimum Gasteiger partial charge on any atom is -0.493 e. The van der Waals surface area contributed by atoms with E-state index < -0.39 is 6.04 Å². The van der Waals surface area contributed by atoms with Crippen LogP contribution < -0.4 is 14.9 Å². The highest BCUT2D eigenvalue weighted by molar-refractivity contribution is 6.30. The summed E-state index contributed by atoms with van der Waals surface area (Å²) in [6.45, 7) is 1.39. The molecule has 4 aromatic rings. The van der Waals surface area contributed by atoms with Gasteiger partial charge in [-0.05, 0) is 61.6 Å². The normalized spacial score (nSPS) is 14.9. The molecule has 0 unspecified atom stereocenters. The number of para-hydroxylation sites is 1. The van der Waals surface area contributed by atoms with E-state index in [1.165, 1.54) is 0 Å². The summed E-state index contributed by atoms with van der Waals surface area (Å²) in [5.74, 6) is 0.849. The number of halogens is 1. The van der Waals surface area contributed by atoms with Crippen LogP contribution in [0.25, 0.3) is 11.0 Å². The van der Waals surface area contributed by atoms with Crippen LogP contribution in [0.1, 0.15) is 33.3 Å². The third-order valence-electron chi connectivity index (χ3n) is 6.47. The van der Waals surface area contributed by atoms with E-state index in [0.29, 0.717) is 52.8 Å². The Morgan fingerprint density at radius 1 is 1.00 bits per heavy atom. The van der Waals surface area contributed by atoms with E-state index in [0.717, 1.165) is 11.1 Å². The molecule has 0 bridgehead atoms. The molecule has 190 valence electrons. The van der Waals surface area contributed by atoms with Gasteiger partial charge in [-0.2, -0.15) is 0 Å². The maximum Gasteiger partial charge on any atom is 0.290 e. The number of rotatable bonds is 8. The standard InChI is InChI=1S/C29H27ClN2O5/c1-31(2)14-15-32-26(25-27(33)21-6-4-5-7-22(21)37-28(25)29(32)34)19-10-13-23(24(16-19)35-3)36-17-18-8-11-20(30)12-9-18/h4-13,16,26H,14-15,17H2,1-3H3/t26-/m0/s1. The highest BCUT2D eigenvalue weighted by atomic mass is 35.5. The highest BCUT2D eigenvalue weighted by Crippen LogP contribution is 2.41. The third-order valence-corrected chi connectivity index (χ3v) is 6.72. The lowest BCUT2D eigenvalue weighted by Gasteiger charge is -2.27. The van der Waals surface area contributed by atoms with E-state index in [9.17, 15) is 9.59 Å². The number of nitrogens with zero attached hydrogens (tertiary/aromatic N) is 2. The molecule has 0 fully saturated rings. The van der Waals surface area contributed by atoms with E-state index in [2.05, 4.69) is 0 Å². The number of ether oxygens (including phenoxy) is 2. The monoisotopic (exact) mass is 518 g/mol. The Kier molecular flexibility index (Phi) is 6.91. The van der Waals surface area contributed by atoms with Crippen molar-refractivity contribution < 1.29 is 18.7 Å². The summed E-state index contributed by atoms with van der Waals surface area (Å²) < 4.78 is 17.6. The van der Waals surface area contributed by atoms with E-state index in [4.69, 9.17) is 25.5 Å². The number of hydrogen-bond donors (Lipinski definition) is 0. The van der Waals surface area contributed by atoms with Crippen LogP contribution in [0.4, 0.5) is 0 Å². The predicted octanol–water partition coefficient (Wildman–Crippen LogP) is 5.14. The van der Waals surface area contributed by atoms with Gasteiger partial charge in [0.25, 0.3) is 5.91 Å². The minimum absolute atomic E-state index is 0.0921. The number of carbonyl (C=O) groups is 1. The maximum atomic E-state index is 13.6. The summed E-state index contributed by atoms with van der Waals surface area (Å²) in [6, 6.07) is 19.3. The molecule has 0 radical (unpaired) electrons. The van der Waals surface area contributed by atoms with Crippen molar-refractivity contribution in [3.63, 3.8) is 0 Å². The molecule has 3 aromatic carbocycles. The zero-order chi connectivity index (χ0) is 26.1. The highest BCUT2D eigenvalue weighted by Gasteiger charge is 2.42. The first-order chi connectivity index (χ1) is 17.9. The van der Waals surface area contributed by atoms with Crippen LogP contribution in [0.5, 0.6) is 11.5 Å². The molecule has 0 aliphatic carbocycles. The van der Waals surface area contributed by atoms with Crippen molar-refractivity contribution in [1.82, 2.24) is 9.80 Å². The number of fused-ring (bicyclic) bond motifs is 2. The van der Waals surface area contributed by atoms with Crippen molar-refractivity contribution in [2.45, 2.75) is 12.6 Å². The quantitative estimate of drug-likeness (QED) is 0.321. The molecule has 7 nitrogen and oxygen atoms in total. The zero-order valence-corrected chi connectivity index (χ0v) is 21.6. The van der Waals surface area contributed by atoms with E-state index in [-0.39, 0.29) is 17.1 Å². The van der Waals surface area contributed by atoms with Gasteiger partial charge in [-0.25, -0.2) is 0 Å². The van der Waals surface area contributed by atoms with Gasteiger partial charge in [-0.15, -0.1) is 0 Å². The van der Waals surface area contributed by atoms with Gasteiger partial charge < -0.3 is 23.7 Å². The Hall–Kier alpha value is -3.81. The lowest BCUT2D eigenvalue weighted by Crippen LogP contribution is -2.35. The van der Waals surface area contributed by atoms with Crippen LogP contribution >= 0.6 is 11.6 Å². The molecule has 1 aliphatic rings. The van der Waals surface area contributed by atoms with Crippen LogP contribution in [0.3, 0.4) is 0 Å². The van der Waals surface area contributed by atoms with Gasteiger partial charge in [0.05, 0.1) is 24.1 Å². The molecule has 5 rings (SSSR count). The molecule has 1 amide bonds. The van der Waals surface area contributed by atoms with Gasteiger partial charge in [-0.3, -0.25) is 9.59 Å². The third kappa shape index (κ3) is 4.80. The maximum absolute atomic E-state index is 13.6. The molecule has 0 saturated heterocycles. The molecule has 0 spiro atoms. The first-order valence-corrected chi connectivity index (χ1v) is 12.3. The van der Waals surface area contributed by atoms with Crippen LogP contribution in [0.15, 0.2) is 75.9 Å². The number of hydrogen-bond acceptors (Lipinski definition) is 6. The van der Waals surface area contributed by atoms with Gasteiger partial charge in [0, 0.05) is 18.1 Å². The lowest BCUT2D eigenvalue weighted by molar-refractivity contribution is 0.0716. The smallest absolute Gasteiger partial charge is 0.290 e. The Morgan fingerprint density at radius 2 is 1.76 bits per heavy atom. The molecule has 0 N–H and O–H groups in total. The van der Waals surface area contributed by atoms with Gasteiger partial charge in [0.15, 0.2) is 16.9 Å². The molecule has 2 heterocycles. The number of likely N-dealkylation sites (N-methyl/N-ethyl adjacent to an activating group) is 1. The first-order valence-electron chi connectivity index (χ1n) is 11.9. The second-order valence-corrected chi connectivity index (χ2v) is 9.64. The summed E-state index contributed by atoms with van der Waals surface area (Å²) in [5, 5.41) is 1.11. The number of methoxy groups -OCH3 is 1. The lowest BCUT2D eigenvalue weighted by atomic mass is 9.98. The Morgan fingerprint density at radius 3 is 2.49 bits per heavy atom. The van der Waals surface area contributed by atoms with Gasteiger partial charge in [-0.1, -0.05) is 41.9 Å². The van der Waals surface area contributed by atoms with E-state index in [1.807, 2.05) is 55.4 Å². The molecule has 8 heteroatoms. The van der Waals surface area contributed by atoms with Crippen molar-refractivity contribution in [1.29, 1.82) is 0 Å². The summed E-state index contributed by atoms with van der Waals surface area (Å²) in [5.41, 5.74) is 2.24. The molecule has 0 saturated carbocycles. The van der Waals surface area contributed by atoms with Gasteiger partial charge in [0.1, 0.15) is 12.2 Å². The first kappa shape index (κ1) is 24.9. The second kappa shape index (κ2) is 10.3. The van der Waals surface area contributed by atoms with E-state index in [1.54, 1.807) is 42.3 Å². The predicted molar refractivity (Wildman–Crippen MR) is 143 cm³/mol. The average Bonchev–Trinajstić information content (AvgIpc) is 3.18. The summed E-state index contributed by atoms with van der Waals surface area (Å²) in [7, 11) is 5.44. The van der Waals surface area contributed by atoms with Gasteiger partial charge >= 0.3 is 0 Å². The van der Waals surface area contributed by atoms with Crippen molar-refractivity contribution in [2.24, 2.45) is 0 Å².